The Morgan fingerprint density at radius 2 is 1.89 bits per heavy atom. The predicted octanol–water partition coefficient (Wildman–Crippen LogP) is 2.43. The van der Waals surface area contributed by atoms with E-state index in [1.807, 2.05) is 0 Å². The fourth-order valence-corrected chi connectivity index (χ4v) is 4.93. The second kappa shape index (κ2) is 4.87. The molecule has 1 aromatic rings. The lowest BCUT2D eigenvalue weighted by molar-refractivity contribution is 0.390. The van der Waals surface area contributed by atoms with Crippen LogP contribution < -0.4 is 4.72 Å². The van der Waals surface area contributed by atoms with Crippen LogP contribution in [0, 0.1) is 17.7 Å². The molecule has 0 saturated heterocycles. The maximum atomic E-state index is 12.8. The molecule has 19 heavy (non-hydrogen) atoms. The van der Waals surface area contributed by atoms with Gasteiger partial charge in [0.1, 0.15) is 5.82 Å². The standard InChI is InChI=1S/C14H18FNO2S/c15-13-5-2-10(3-6-13)9-19(17,18)16-14-8-11-1-4-12(14)7-11/h2-3,5-6,11-12,14,16H,1,4,7-9H2. The minimum atomic E-state index is -3.33. The summed E-state index contributed by atoms with van der Waals surface area (Å²) in [5, 5.41) is 0. The molecule has 0 radical (unpaired) electrons. The topological polar surface area (TPSA) is 46.2 Å². The van der Waals surface area contributed by atoms with Crippen molar-refractivity contribution in [3.05, 3.63) is 35.6 Å². The fraction of sp³-hybridized carbons (Fsp3) is 0.571. The van der Waals surface area contributed by atoms with Crippen LogP contribution in [0.3, 0.4) is 0 Å². The summed E-state index contributed by atoms with van der Waals surface area (Å²) < 4.78 is 39.8. The van der Waals surface area contributed by atoms with Gasteiger partial charge in [-0.15, -0.1) is 0 Å². The molecule has 3 atom stereocenters. The summed E-state index contributed by atoms with van der Waals surface area (Å²) in [7, 11) is -3.33. The molecule has 2 bridgehead atoms. The van der Waals surface area contributed by atoms with Gasteiger partial charge in [0.2, 0.25) is 10.0 Å². The molecule has 2 aliphatic carbocycles. The minimum Gasteiger partial charge on any atom is -0.212 e. The fourth-order valence-electron chi connectivity index (χ4n) is 3.46. The molecular weight excluding hydrogens is 265 g/mol. The molecule has 2 aliphatic rings. The van der Waals surface area contributed by atoms with Gasteiger partial charge in [-0.2, -0.15) is 0 Å². The SMILES string of the molecule is O=S(=O)(Cc1ccc(F)cc1)NC1CC2CCC1C2. The molecule has 3 nitrogen and oxygen atoms in total. The van der Waals surface area contributed by atoms with Crippen LogP contribution in [0.25, 0.3) is 0 Å². The Labute approximate surface area is 113 Å². The Morgan fingerprint density at radius 1 is 1.16 bits per heavy atom. The zero-order valence-electron chi connectivity index (χ0n) is 10.7. The summed E-state index contributed by atoms with van der Waals surface area (Å²) in [6.45, 7) is 0. The number of sulfonamides is 1. The Bertz CT molecular complexity index is 555. The van der Waals surface area contributed by atoms with Gasteiger partial charge in [-0.05, 0) is 48.8 Å². The predicted molar refractivity (Wildman–Crippen MR) is 71.4 cm³/mol. The number of hydrogen-bond donors (Lipinski definition) is 1. The molecule has 104 valence electrons. The van der Waals surface area contributed by atoms with Crippen LogP contribution in [0.1, 0.15) is 31.2 Å². The highest BCUT2D eigenvalue weighted by atomic mass is 32.2. The van der Waals surface area contributed by atoms with E-state index in [0.717, 1.165) is 12.8 Å². The Balaban J connectivity index is 1.64. The number of nitrogens with one attached hydrogen (secondary N) is 1. The van der Waals surface area contributed by atoms with Gasteiger partial charge in [0, 0.05) is 6.04 Å². The number of benzene rings is 1. The molecule has 2 saturated carbocycles. The van der Waals surface area contributed by atoms with E-state index in [4.69, 9.17) is 0 Å². The van der Waals surface area contributed by atoms with Crippen molar-refractivity contribution in [1.82, 2.24) is 4.72 Å². The van der Waals surface area contributed by atoms with E-state index in [-0.39, 0.29) is 17.6 Å². The van der Waals surface area contributed by atoms with E-state index in [9.17, 15) is 12.8 Å². The molecule has 1 N–H and O–H groups in total. The molecule has 0 aliphatic heterocycles. The van der Waals surface area contributed by atoms with Crippen LogP contribution in [-0.2, 0) is 15.8 Å². The van der Waals surface area contributed by atoms with E-state index in [0.29, 0.717) is 17.4 Å². The van der Waals surface area contributed by atoms with Crippen LogP contribution >= 0.6 is 0 Å². The zero-order valence-corrected chi connectivity index (χ0v) is 11.5. The van der Waals surface area contributed by atoms with E-state index < -0.39 is 10.0 Å². The van der Waals surface area contributed by atoms with Crippen molar-refractivity contribution >= 4 is 10.0 Å². The average molecular weight is 283 g/mol. The molecule has 3 rings (SSSR count). The third-order valence-corrected chi connectivity index (χ3v) is 5.71. The first-order valence-corrected chi connectivity index (χ1v) is 8.41. The first-order chi connectivity index (χ1) is 9.02. The smallest absolute Gasteiger partial charge is 0.212 e. The van der Waals surface area contributed by atoms with Crippen LogP contribution in [-0.4, -0.2) is 14.5 Å². The molecule has 3 unspecified atom stereocenters. The highest BCUT2D eigenvalue weighted by Gasteiger charge is 2.40. The average Bonchev–Trinajstić information content (AvgIpc) is 2.93. The largest absolute Gasteiger partial charge is 0.216 e. The maximum absolute atomic E-state index is 12.8. The monoisotopic (exact) mass is 283 g/mol. The highest BCUT2D eigenvalue weighted by molar-refractivity contribution is 7.88. The third-order valence-electron chi connectivity index (χ3n) is 4.34. The summed E-state index contributed by atoms with van der Waals surface area (Å²) in [5.41, 5.74) is 0.622. The van der Waals surface area contributed by atoms with Gasteiger partial charge >= 0.3 is 0 Å². The lowest BCUT2D eigenvalue weighted by atomic mass is 9.96. The van der Waals surface area contributed by atoms with E-state index in [2.05, 4.69) is 4.72 Å². The molecule has 0 spiro atoms. The molecule has 0 amide bonds. The van der Waals surface area contributed by atoms with Crippen molar-refractivity contribution < 1.29 is 12.8 Å². The van der Waals surface area contributed by atoms with Crippen molar-refractivity contribution in [2.75, 3.05) is 0 Å². The van der Waals surface area contributed by atoms with Crippen molar-refractivity contribution in [3.8, 4) is 0 Å². The van der Waals surface area contributed by atoms with Gasteiger partial charge in [0.25, 0.3) is 0 Å². The van der Waals surface area contributed by atoms with Crippen LogP contribution in [0.4, 0.5) is 4.39 Å². The normalized spacial score (nSPS) is 29.8. The summed E-state index contributed by atoms with van der Waals surface area (Å²) in [5.74, 6) is 0.819. The van der Waals surface area contributed by atoms with Crippen molar-refractivity contribution in [1.29, 1.82) is 0 Å². The van der Waals surface area contributed by atoms with Crippen LogP contribution in [0.15, 0.2) is 24.3 Å². The molecule has 5 heteroatoms. The van der Waals surface area contributed by atoms with E-state index in [1.54, 1.807) is 0 Å². The van der Waals surface area contributed by atoms with Gasteiger partial charge in [0.15, 0.2) is 0 Å². The Hall–Kier alpha value is -0.940. The summed E-state index contributed by atoms with van der Waals surface area (Å²) in [6, 6.07) is 5.75. The number of hydrogen-bond acceptors (Lipinski definition) is 2. The van der Waals surface area contributed by atoms with E-state index in [1.165, 1.54) is 37.1 Å². The Kier molecular flexibility index (Phi) is 3.35. The highest BCUT2D eigenvalue weighted by Crippen LogP contribution is 2.44. The molecule has 2 fully saturated rings. The second-order valence-electron chi connectivity index (χ2n) is 5.78. The quantitative estimate of drug-likeness (QED) is 0.922. The minimum absolute atomic E-state index is 0.0683. The van der Waals surface area contributed by atoms with Gasteiger partial charge in [-0.1, -0.05) is 18.6 Å². The van der Waals surface area contributed by atoms with Gasteiger partial charge in [0.05, 0.1) is 5.75 Å². The lowest BCUT2D eigenvalue weighted by Crippen LogP contribution is -2.39. The molecular formula is C14H18FNO2S. The zero-order chi connectivity index (χ0) is 13.5. The van der Waals surface area contributed by atoms with Gasteiger partial charge in [-0.25, -0.2) is 17.5 Å². The number of rotatable bonds is 4. The first kappa shape index (κ1) is 13.1. The lowest BCUT2D eigenvalue weighted by Gasteiger charge is -2.22. The Morgan fingerprint density at radius 3 is 2.47 bits per heavy atom. The van der Waals surface area contributed by atoms with E-state index >= 15 is 0 Å². The molecule has 1 aromatic carbocycles. The van der Waals surface area contributed by atoms with Crippen molar-refractivity contribution in [3.63, 3.8) is 0 Å². The molecule has 0 aromatic heterocycles. The van der Waals surface area contributed by atoms with Gasteiger partial charge < -0.3 is 0 Å². The molecule has 0 heterocycles. The summed E-state index contributed by atoms with van der Waals surface area (Å²) in [4.78, 5) is 0. The number of fused-ring (bicyclic) bond motifs is 2. The third kappa shape index (κ3) is 2.98. The van der Waals surface area contributed by atoms with Crippen LogP contribution in [0.2, 0.25) is 0 Å². The number of halogens is 1. The summed E-state index contributed by atoms with van der Waals surface area (Å²) >= 11 is 0. The first-order valence-electron chi connectivity index (χ1n) is 6.76. The maximum Gasteiger partial charge on any atom is 0.216 e. The van der Waals surface area contributed by atoms with Gasteiger partial charge in [-0.3, -0.25) is 0 Å². The van der Waals surface area contributed by atoms with Crippen molar-refractivity contribution in [2.45, 2.75) is 37.5 Å². The van der Waals surface area contributed by atoms with Crippen molar-refractivity contribution in [2.24, 2.45) is 11.8 Å². The van der Waals surface area contributed by atoms with Crippen LogP contribution in [0.5, 0.6) is 0 Å². The second-order valence-corrected chi connectivity index (χ2v) is 7.54. The summed E-state index contributed by atoms with van der Waals surface area (Å²) in [6.07, 6.45) is 4.55.